The zero-order valence-corrected chi connectivity index (χ0v) is 13.9. The molecule has 0 aliphatic carbocycles. The minimum absolute atomic E-state index is 0.128. The molecule has 1 aromatic carbocycles. The van der Waals surface area contributed by atoms with Gasteiger partial charge in [-0.05, 0) is 25.1 Å². The van der Waals surface area contributed by atoms with Gasteiger partial charge in [0.15, 0.2) is 0 Å². The number of nitrogens with two attached hydrogens (primary N) is 1. The highest BCUT2D eigenvalue weighted by molar-refractivity contribution is 9.10. The summed E-state index contributed by atoms with van der Waals surface area (Å²) in [5.41, 5.74) is 5.24. The summed E-state index contributed by atoms with van der Waals surface area (Å²) < 4.78 is 6.55. The van der Waals surface area contributed by atoms with Crippen molar-refractivity contribution in [3.05, 3.63) is 50.7 Å². The van der Waals surface area contributed by atoms with Gasteiger partial charge < -0.3 is 10.5 Å². The Hall–Kier alpha value is -2.48. The van der Waals surface area contributed by atoms with Crippen LogP contribution in [0, 0.1) is 0 Å². The summed E-state index contributed by atoms with van der Waals surface area (Å²) in [5.74, 6) is -1.50. The van der Waals surface area contributed by atoms with E-state index in [2.05, 4.69) is 21.0 Å². The number of amides is 1. The van der Waals surface area contributed by atoms with Crippen molar-refractivity contribution in [1.82, 2.24) is 9.78 Å². The molecule has 1 amide bonds. The molecule has 1 aromatic heterocycles. The first kappa shape index (κ1) is 16.9. The molecule has 0 aliphatic rings. The summed E-state index contributed by atoms with van der Waals surface area (Å²) in [6.45, 7) is 1.34. The molecule has 0 aliphatic heterocycles. The van der Waals surface area contributed by atoms with Crippen LogP contribution in [0.2, 0.25) is 0 Å². The molecule has 2 rings (SSSR count). The van der Waals surface area contributed by atoms with Gasteiger partial charge in [0.2, 0.25) is 5.91 Å². The van der Waals surface area contributed by atoms with Crippen LogP contribution in [0.1, 0.15) is 17.3 Å². The van der Waals surface area contributed by atoms with Gasteiger partial charge in [-0.2, -0.15) is 5.10 Å². The molecule has 0 radical (unpaired) electrons. The zero-order chi connectivity index (χ0) is 17.0. The molecular weight excluding hydrogens is 366 g/mol. The number of carbonyl (C=O) groups is 2. The van der Waals surface area contributed by atoms with Crippen molar-refractivity contribution >= 4 is 27.8 Å². The second kappa shape index (κ2) is 7.19. The van der Waals surface area contributed by atoms with Crippen LogP contribution in [0.3, 0.4) is 0 Å². The summed E-state index contributed by atoms with van der Waals surface area (Å²) in [5, 5.41) is 4.10. The molecule has 0 fully saturated rings. The number of rotatable bonds is 5. The number of carbonyl (C=O) groups excluding carboxylic acids is 2. The molecule has 0 bridgehead atoms. The van der Waals surface area contributed by atoms with Crippen LogP contribution < -0.4 is 11.3 Å². The highest BCUT2D eigenvalue weighted by atomic mass is 79.9. The lowest BCUT2D eigenvalue weighted by molar-refractivity contribution is -0.118. The Kier molecular flexibility index (Phi) is 5.28. The maximum Gasteiger partial charge on any atom is 0.343 e. The fourth-order valence-electron chi connectivity index (χ4n) is 1.94. The van der Waals surface area contributed by atoms with Crippen molar-refractivity contribution in [3.63, 3.8) is 0 Å². The number of halogens is 1. The van der Waals surface area contributed by atoms with E-state index in [0.717, 1.165) is 9.15 Å². The van der Waals surface area contributed by atoms with E-state index in [1.165, 1.54) is 6.07 Å². The van der Waals surface area contributed by atoms with Crippen LogP contribution in [0.25, 0.3) is 11.3 Å². The molecule has 0 spiro atoms. The molecule has 120 valence electrons. The number of hydrogen-bond acceptors (Lipinski definition) is 5. The van der Waals surface area contributed by atoms with Gasteiger partial charge in [-0.25, -0.2) is 9.48 Å². The van der Waals surface area contributed by atoms with Crippen molar-refractivity contribution in [2.24, 2.45) is 5.73 Å². The van der Waals surface area contributed by atoms with Crippen LogP contribution in [0.5, 0.6) is 0 Å². The fraction of sp³-hybridized carbons (Fsp3) is 0.200. The zero-order valence-electron chi connectivity index (χ0n) is 12.3. The number of aromatic nitrogens is 2. The third kappa shape index (κ3) is 4.04. The van der Waals surface area contributed by atoms with E-state index in [4.69, 9.17) is 10.5 Å². The lowest BCUT2D eigenvalue weighted by Crippen LogP contribution is -2.34. The number of nitrogens with zero attached hydrogens (tertiary/aromatic N) is 2. The van der Waals surface area contributed by atoms with Gasteiger partial charge in [0.1, 0.15) is 12.1 Å². The smallest absolute Gasteiger partial charge is 0.343 e. The molecule has 0 unspecified atom stereocenters. The standard InChI is InChI=1S/C15H14BrN3O4/c1-2-23-15(22)11-7-12(9-4-3-5-10(16)6-9)18-19(14(11)21)8-13(17)20/h3-7H,2,8H2,1H3,(H2,17,20). The monoisotopic (exact) mass is 379 g/mol. The number of hydrogen-bond donors (Lipinski definition) is 1. The fourth-order valence-corrected chi connectivity index (χ4v) is 2.34. The SMILES string of the molecule is CCOC(=O)c1cc(-c2cccc(Br)c2)nn(CC(N)=O)c1=O. The van der Waals surface area contributed by atoms with Gasteiger partial charge in [0, 0.05) is 10.0 Å². The minimum atomic E-state index is -0.769. The average molecular weight is 380 g/mol. The van der Waals surface area contributed by atoms with Gasteiger partial charge in [-0.1, -0.05) is 28.1 Å². The number of primary amides is 1. The number of benzene rings is 1. The van der Waals surface area contributed by atoms with Crippen LogP contribution >= 0.6 is 15.9 Å². The quantitative estimate of drug-likeness (QED) is 0.789. The lowest BCUT2D eigenvalue weighted by atomic mass is 10.1. The third-order valence-electron chi connectivity index (χ3n) is 2.90. The lowest BCUT2D eigenvalue weighted by Gasteiger charge is -2.09. The highest BCUT2D eigenvalue weighted by Crippen LogP contribution is 2.21. The summed E-state index contributed by atoms with van der Waals surface area (Å²) >= 11 is 3.34. The Balaban J connectivity index is 2.63. The Morgan fingerprint density at radius 2 is 2.09 bits per heavy atom. The first-order valence-electron chi connectivity index (χ1n) is 6.76. The maximum atomic E-state index is 12.3. The van der Waals surface area contributed by atoms with E-state index >= 15 is 0 Å². The molecule has 8 heteroatoms. The van der Waals surface area contributed by atoms with E-state index in [-0.39, 0.29) is 12.2 Å². The van der Waals surface area contributed by atoms with Gasteiger partial charge in [0.05, 0.1) is 12.3 Å². The van der Waals surface area contributed by atoms with Crippen molar-refractivity contribution in [2.75, 3.05) is 6.61 Å². The van der Waals surface area contributed by atoms with Gasteiger partial charge in [-0.3, -0.25) is 9.59 Å². The average Bonchev–Trinajstić information content (AvgIpc) is 2.49. The van der Waals surface area contributed by atoms with Crippen LogP contribution in [0.15, 0.2) is 39.6 Å². The first-order valence-corrected chi connectivity index (χ1v) is 7.55. The second-order valence-corrected chi connectivity index (χ2v) is 5.52. The predicted octanol–water partition coefficient (Wildman–Crippen LogP) is 1.33. The minimum Gasteiger partial charge on any atom is -0.462 e. The van der Waals surface area contributed by atoms with Gasteiger partial charge in [-0.15, -0.1) is 0 Å². The summed E-state index contributed by atoms with van der Waals surface area (Å²) in [6, 6.07) is 8.50. The molecule has 1 heterocycles. The summed E-state index contributed by atoms with van der Waals surface area (Å²) in [6.07, 6.45) is 0. The molecule has 7 nitrogen and oxygen atoms in total. The molecule has 0 atom stereocenters. The summed E-state index contributed by atoms with van der Waals surface area (Å²) in [7, 11) is 0. The van der Waals surface area contributed by atoms with Crippen molar-refractivity contribution < 1.29 is 14.3 Å². The first-order chi connectivity index (χ1) is 10.9. The molecule has 23 heavy (non-hydrogen) atoms. The van der Waals surface area contributed by atoms with Crippen molar-refractivity contribution in [2.45, 2.75) is 13.5 Å². The third-order valence-corrected chi connectivity index (χ3v) is 3.39. The van der Waals surface area contributed by atoms with Gasteiger partial charge in [0.25, 0.3) is 5.56 Å². The van der Waals surface area contributed by atoms with E-state index < -0.39 is 24.0 Å². The molecular formula is C15H14BrN3O4. The van der Waals surface area contributed by atoms with Crippen LogP contribution in [-0.4, -0.2) is 28.3 Å². The number of esters is 1. The molecule has 2 N–H and O–H groups in total. The van der Waals surface area contributed by atoms with E-state index in [9.17, 15) is 14.4 Å². The Labute approximate surface area is 140 Å². The van der Waals surface area contributed by atoms with Crippen LogP contribution in [0.4, 0.5) is 0 Å². The number of ether oxygens (including phenoxy) is 1. The van der Waals surface area contributed by atoms with Crippen LogP contribution in [-0.2, 0) is 16.1 Å². The Bertz CT molecular complexity index is 817. The largest absolute Gasteiger partial charge is 0.462 e. The maximum absolute atomic E-state index is 12.3. The molecule has 0 saturated heterocycles. The molecule has 0 saturated carbocycles. The van der Waals surface area contributed by atoms with E-state index in [1.807, 2.05) is 6.07 Å². The normalized spacial score (nSPS) is 10.3. The van der Waals surface area contributed by atoms with E-state index in [0.29, 0.717) is 11.3 Å². The van der Waals surface area contributed by atoms with Crippen molar-refractivity contribution in [1.29, 1.82) is 0 Å². The van der Waals surface area contributed by atoms with Gasteiger partial charge >= 0.3 is 5.97 Å². The molecule has 2 aromatic rings. The topological polar surface area (TPSA) is 104 Å². The summed E-state index contributed by atoms with van der Waals surface area (Å²) in [4.78, 5) is 35.3. The predicted molar refractivity (Wildman–Crippen MR) is 86.8 cm³/mol. The second-order valence-electron chi connectivity index (χ2n) is 4.60. The Morgan fingerprint density at radius 3 is 2.70 bits per heavy atom. The van der Waals surface area contributed by atoms with Crippen molar-refractivity contribution in [3.8, 4) is 11.3 Å². The highest BCUT2D eigenvalue weighted by Gasteiger charge is 2.18. The van der Waals surface area contributed by atoms with E-state index in [1.54, 1.807) is 25.1 Å². The Morgan fingerprint density at radius 1 is 1.35 bits per heavy atom.